The summed E-state index contributed by atoms with van der Waals surface area (Å²) in [5.74, 6) is 0.185. The first kappa shape index (κ1) is 18.4. The number of Topliss-reactive ketones (excluding diaryl/α,β-unsaturated/α-hetero) is 1. The molecule has 144 valence electrons. The van der Waals surface area contributed by atoms with Gasteiger partial charge in [-0.1, -0.05) is 30.3 Å². The van der Waals surface area contributed by atoms with Gasteiger partial charge in [-0.2, -0.15) is 0 Å². The normalized spacial score (nSPS) is 19.1. The Morgan fingerprint density at radius 3 is 2.36 bits per heavy atom. The molecule has 1 amide bonds. The van der Waals surface area contributed by atoms with Gasteiger partial charge in [0.1, 0.15) is 0 Å². The van der Waals surface area contributed by atoms with Crippen molar-refractivity contribution in [2.75, 3.05) is 26.2 Å². The van der Waals surface area contributed by atoms with E-state index in [2.05, 4.69) is 34.1 Å². The molecular weight excluding hydrogens is 350 g/mol. The number of carbonyl (C=O) groups excluding carboxylic acids is 2. The molecule has 0 radical (unpaired) electrons. The van der Waals surface area contributed by atoms with Gasteiger partial charge in [-0.3, -0.25) is 14.6 Å². The highest BCUT2D eigenvalue weighted by Gasteiger charge is 2.29. The lowest BCUT2D eigenvalue weighted by atomic mass is 9.95. The van der Waals surface area contributed by atoms with Crippen LogP contribution in [0.1, 0.15) is 31.7 Å². The molecule has 0 saturated carbocycles. The Bertz CT molecular complexity index is 897. The van der Waals surface area contributed by atoms with Crippen molar-refractivity contribution in [1.29, 1.82) is 0 Å². The number of carbonyl (C=O) groups is 2. The van der Waals surface area contributed by atoms with Crippen LogP contribution in [0, 0.1) is 0 Å². The number of ketones is 1. The minimum absolute atomic E-state index is 0.0243. The maximum absolute atomic E-state index is 12.8. The molecule has 0 spiro atoms. The van der Waals surface area contributed by atoms with E-state index in [1.807, 2.05) is 18.2 Å². The number of rotatable bonds is 3. The first-order valence-corrected chi connectivity index (χ1v) is 9.92. The summed E-state index contributed by atoms with van der Waals surface area (Å²) in [5, 5.41) is 0. The first-order valence-electron chi connectivity index (χ1n) is 9.92. The van der Waals surface area contributed by atoms with E-state index in [4.69, 9.17) is 0 Å². The highest BCUT2D eigenvalue weighted by Crippen LogP contribution is 2.31. The van der Waals surface area contributed by atoms with Crippen molar-refractivity contribution in [2.45, 2.75) is 26.2 Å². The molecule has 5 heteroatoms. The van der Waals surface area contributed by atoms with E-state index in [0.29, 0.717) is 19.5 Å². The zero-order chi connectivity index (χ0) is 19.5. The average Bonchev–Trinajstić information content (AvgIpc) is 3.25. The second-order valence-electron chi connectivity index (χ2n) is 7.43. The Morgan fingerprint density at radius 1 is 0.964 bits per heavy atom. The van der Waals surface area contributed by atoms with Gasteiger partial charge in [0, 0.05) is 50.3 Å². The van der Waals surface area contributed by atoms with Crippen molar-refractivity contribution in [1.82, 2.24) is 14.8 Å². The summed E-state index contributed by atoms with van der Waals surface area (Å²) in [6.45, 7) is 4.40. The summed E-state index contributed by atoms with van der Waals surface area (Å²) in [5.41, 5.74) is 4.79. The van der Waals surface area contributed by atoms with Gasteiger partial charge in [0.25, 0.3) is 0 Å². The van der Waals surface area contributed by atoms with Crippen LogP contribution < -0.4 is 0 Å². The number of amides is 1. The van der Waals surface area contributed by atoms with Crippen LogP contribution in [0.25, 0.3) is 17.0 Å². The Morgan fingerprint density at radius 2 is 1.71 bits per heavy atom. The van der Waals surface area contributed by atoms with E-state index in [0.717, 1.165) is 54.0 Å². The minimum atomic E-state index is 0.0243. The van der Waals surface area contributed by atoms with E-state index in [9.17, 15) is 9.59 Å². The monoisotopic (exact) mass is 375 g/mol. The Kier molecular flexibility index (Phi) is 5.24. The maximum Gasteiger partial charge on any atom is 0.219 e. The van der Waals surface area contributed by atoms with E-state index in [1.54, 1.807) is 18.0 Å². The molecule has 0 bridgehead atoms. The van der Waals surface area contributed by atoms with Crippen molar-refractivity contribution in [2.24, 2.45) is 0 Å². The van der Waals surface area contributed by atoms with E-state index < -0.39 is 0 Å². The number of pyridine rings is 1. The van der Waals surface area contributed by atoms with Gasteiger partial charge in [-0.25, -0.2) is 0 Å². The van der Waals surface area contributed by atoms with Crippen LogP contribution in [-0.2, 0) is 9.59 Å². The third kappa shape index (κ3) is 3.70. The largest absolute Gasteiger partial charge is 0.371 e. The Labute approximate surface area is 165 Å². The van der Waals surface area contributed by atoms with Crippen molar-refractivity contribution in [3.8, 4) is 11.3 Å². The van der Waals surface area contributed by atoms with Gasteiger partial charge in [-0.15, -0.1) is 0 Å². The molecule has 2 saturated heterocycles. The summed E-state index contributed by atoms with van der Waals surface area (Å²) >= 11 is 0. The maximum atomic E-state index is 12.8. The lowest BCUT2D eigenvalue weighted by Gasteiger charge is -2.32. The highest BCUT2D eigenvalue weighted by molar-refractivity contribution is 6.04. The van der Waals surface area contributed by atoms with Gasteiger partial charge in [0.2, 0.25) is 5.91 Å². The molecule has 0 N–H and O–H groups in total. The predicted molar refractivity (Wildman–Crippen MR) is 109 cm³/mol. The van der Waals surface area contributed by atoms with Crippen molar-refractivity contribution >= 4 is 17.4 Å². The van der Waals surface area contributed by atoms with Crippen molar-refractivity contribution in [3.05, 3.63) is 59.8 Å². The number of benzene rings is 1. The molecule has 0 aliphatic carbocycles. The SMILES string of the molecule is CC(=O)N1CCC(=O)/C(=C(/c2ccc(-c3ccccn3)cc2)N2CCCC2)C1. The van der Waals surface area contributed by atoms with E-state index in [1.165, 1.54) is 0 Å². The van der Waals surface area contributed by atoms with Crippen LogP contribution in [0.15, 0.2) is 54.2 Å². The zero-order valence-electron chi connectivity index (χ0n) is 16.2. The quantitative estimate of drug-likeness (QED) is 0.772. The predicted octanol–water partition coefficient (Wildman–Crippen LogP) is 3.38. The summed E-state index contributed by atoms with van der Waals surface area (Å²) < 4.78 is 0. The second kappa shape index (κ2) is 7.97. The number of hydrogen-bond donors (Lipinski definition) is 0. The molecule has 5 nitrogen and oxygen atoms in total. The molecule has 1 aromatic carbocycles. The number of hydrogen-bond acceptors (Lipinski definition) is 4. The van der Waals surface area contributed by atoms with E-state index in [-0.39, 0.29) is 11.7 Å². The first-order chi connectivity index (χ1) is 13.6. The van der Waals surface area contributed by atoms with Gasteiger partial charge in [0.15, 0.2) is 5.78 Å². The van der Waals surface area contributed by atoms with Crippen molar-refractivity contribution < 1.29 is 9.59 Å². The second-order valence-corrected chi connectivity index (χ2v) is 7.43. The summed E-state index contributed by atoms with van der Waals surface area (Å²) in [4.78, 5) is 33.2. The fourth-order valence-electron chi connectivity index (χ4n) is 4.04. The van der Waals surface area contributed by atoms with Gasteiger partial charge in [-0.05, 0) is 30.5 Å². The lowest BCUT2D eigenvalue weighted by molar-refractivity contribution is -0.130. The highest BCUT2D eigenvalue weighted by atomic mass is 16.2. The molecule has 4 rings (SSSR count). The van der Waals surface area contributed by atoms with Crippen LogP contribution in [0.3, 0.4) is 0 Å². The van der Waals surface area contributed by atoms with Gasteiger partial charge >= 0.3 is 0 Å². The Hall–Kier alpha value is -2.95. The molecule has 1 aromatic heterocycles. The number of nitrogens with zero attached hydrogens (tertiary/aromatic N) is 3. The van der Waals surface area contributed by atoms with Crippen LogP contribution in [0.4, 0.5) is 0 Å². The molecule has 0 unspecified atom stereocenters. The molecule has 28 heavy (non-hydrogen) atoms. The molecule has 2 aliphatic rings. The zero-order valence-corrected chi connectivity index (χ0v) is 16.2. The summed E-state index contributed by atoms with van der Waals surface area (Å²) in [6, 6.07) is 14.1. The van der Waals surface area contributed by atoms with Gasteiger partial charge in [0.05, 0.1) is 17.9 Å². The van der Waals surface area contributed by atoms with Crippen LogP contribution >= 0.6 is 0 Å². The average molecular weight is 375 g/mol. The van der Waals surface area contributed by atoms with Crippen LogP contribution in [-0.4, -0.2) is 52.7 Å². The summed E-state index contributed by atoms with van der Waals surface area (Å²) in [7, 11) is 0. The van der Waals surface area contributed by atoms with Gasteiger partial charge < -0.3 is 9.80 Å². The van der Waals surface area contributed by atoms with Crippen LogP contribution in [0.5, 0.6) is 0 Å². The van der Waals surface area contributed by atoms with Crippen LogP contribution in [0.2, 0.25) is 0 Å². The standard InChI is InChI=1S/C23H25N3O2/c1-17(27)26-15-11-22(28)20(16-26)23(25-13-4-5-14-25)19-9-7-18(8-10-19)21-6-2-3-12-24-21/h2-3,6-10,12H,4-5,11,13-16H2,1H3/b23-20-. The number of aromatic nitrogens is 1. The van der Waals surface area contributed by atoms with E-state index >= 15 is 0 Å². The number of likely N-dealkylation sites (tertiary alicyclic amines) is 2. The molecular formula is C23H25N3O2. The summed E-state index contributed by atoms with van der Waals surface area (Å²) in [6.07, 6.45) is 4.46. The number of piperidine rings is 1. The lowest BCUT2D eigenvalue weighted by Crippen LogP contribution is -2.40. The topological polar surface area (TPSA) is 53.5 Å². The molecule has 2 aromatic rings. The molecule has 2 fully saturated rings. The minimum Gasteiger partial charge on any atom is -0.371 e. The molecule has 0 atom stereocenters. The molecule has 2 aliphatic heterocycles. The molecule has 3 heterocycles. The fraction of sp³-hybridized carbons (Fsp3) is 0.348. The smallest absolute Gasteiger partial charge is 0.219 e. The van der Waals surface area contributed by atoms with Crippen molar-refractivity contribution in [3.63, 3.8) is 0 Å². The third-order valence-corrected chi connectivity index (χ3v) is 5.57. The fourth-order valence-corrected chi connectivity index (χ4v) is 4.04. The Balaban J connectivity index is 1.74. The third-order valence-electron chi connectivity index (χ3n) is 5.57.